The van der Waals surface area contributed by atoms with Crippen LogP contribution in [-0.2, 0) is 12.4 Å². The van der Waals surface area contributed by atoms with Crippen LogP contribution in [0.25, 0.3) is 11.1 Å². The molecule has 1 amide bonds. The SMILES string of the molecule is O=C(Nc1nc(C(F)(F)F)cs1)c1ccc(-c2ccc(C(F)(F)F)cc2)cc1. The van der Waals surface area contributed by atoms with Crippen LogP contribution in [-0.4, -0.2) is 10.9 Å². The molecule has 1 N–H and O–H groups in total. The fourth-order valence-corrected chi connectivity index (χ4v) is 3.01. The fraction of sp³-hybridized carbons (Fsp3) is 0.111. The van der Waals surface area contributed by atoms with Crippen molar-refractivity contribution in [1.29, 1.82) is 0 Å². The molecular weight excluding hydrogens is 406 g/mol. The van der Waals surface area contributed by atoms with Crippen molar-refractivity contribution in [3.8, 4) is 11.1 Å². The number of alkyl halides is 6. The minimum absolute atomic E-state index is 0.166. The number of amides is 1. The van der Waals surface area contributed by atoms with Crippen LogP contribution < -0.4 is 5.32 Å². The van der Waals surface area contributed by atoms with Crippen molar-refractivity contribution < 1.29 is 31.1 Å². The molecule has 0 unspecified atom stereocenters. The standard InChI is InChI=1S/C18H10F6N2OS/c19-17(20,21)13-7-5-11(6-8-13)10-1-3-12(4-2-10)15(27)26-16-25-14(9-28-16)18(22,23)24/h1-9H,(H,25,26,27). The lowest BCUT2D eigenvalue weighted by molar-refractivity contribution is -0.140. The third-order valence-corrected chi connectivity index (χ3v) is 4.47. The Kier molecular flexibility index (Phi) is 5.16. The van der Waals surface area contributed by atoms with E-state index < -0.39 is 29.5 Å². The van der Waals surface area contributed by atoms with Crippen LogP contribution in [0.1, 0.15) is 21.6 Å². The van der Waals surface area contributed by atoms with Gasteiger partial charge in [0.1, 0.15) is 0 Å². The average molecular weight is 416 g/mol. The lowest BCUT2D eigenvalue weighted by Crippen LogP contribution is -2.12. The Balaban J connectivity index is 1.71. The first-order chi connectivity index (χ1) is 13.0. The van der Waals surface area contributed by atoms with Crippen molar-refractivity contribution in [2.24, 2.45) is 0 Å². The summed E-state index contributed by atoms with van der Waals surface area (Å²) < 4.78 is 75.4. The van der Waals surface area contributed by atoms with Crippen LogP contribution in [0.3, 0.4) is 0 Å². The molecule has 0 saturated heterocycles. The molecule has 0 fully saturated rings. The van der Waals surface area contributed by atoms with Crippen LogP contribution in [0.2, 0.25) is 0 Å². The average Bonchev–Trinajstić information content (AvgIpc) is 3.10. The van der Waals surface area contributed by atoms with Crippen molar-refractivity contribution in [1.82, 2.24) is 4.98 Å². The minimum atomic E-state index is -4.59. The summed E-state index contributed by atoms with van der Waals surface area (Å²) in [5, 5.41) is 2.88. The highest BCUT2D eigenvalue weighted by Crippen LogP contribution is 2.32. The van der Waals surface area contributed by atoms with Crippen molar-refractivity contribution in [3.05, 3.63) is 70.7 Å². The summed E-state index contributed by atoms with van der Waals surface area (Å²) in [6, 6.07) is 10.4. The molecule has 0 radical (unpaired) electrons. The van der Waals surface area contributed by atoms with Gasteiger partial charge in [-0.05, 0) is 35.4 Å². The van der Waals surface area contributed by atoms with Crippen LogP contribution in [0, 0.1) is 0 Å². The molecule has 1 heterocycles. The van der Waals surface area contributed by atoms with Crippen molar-refractivity contribution in [2.75, 3.05) is 5.32 Å². The molecular formula is C18H10F6N2OS. The molecule has 2 aromatic carbocycles. The zero-order valence-corrected chi connectivity index (χ0v) is 14.5. The maximum Gasteiger partial charge on any atom is 0.434 e. The van der Waals surface area contributed by atoms with Crippen molar-refractivity contribution in [3.63, 3.8) is 0 Å². The van der Waals surface area contributed by atoms with E-state index in [9.17, 15) is 31.1 Å². The van der Waals surface area contributed by atoms with Gasteiger partial charge in [-0.3, -0.25) is 10.1 Å². The summed E-state index contributed by atoms with van der Waals surface area (Å²) >= 11 is 0.648. The lowest BCUT2D eigenvalue weighted by atomic mass is 10.0. The number of carbonyl (C=O) groups excluding carboxylic acids is 1. The first kappa shape index (κ1) is 19.9. The first-order valence-electron chi connectivity index (χ1n) is 7.66. The quantitative estimate of drug-likeness (QED) is 0.524. The molecule has 3 nitrogen and oxygen atoms in total. The van der Waals surface area contributed by atoms with Crippen molar-refractivity contribution >= 4 is 22.4 Å². The smallest absolute Gasteiger partial charge is 0.298 e. The van der Waals surface area contributed by atoms with Gasteiger partial charge < -0.3 is 0 Å². The number of nitrogens with zero attached hydrogens (tertiary/aromatic N) is 1. The van der Waals surface area contributed by atoms with Gasteiger partial charge in [-0.15, -0.1) is 11.3 Å². The summed E-state index contributed by atoms with van der Waals surface area (Å²) in [5.41, 5.74) is -0.590. The van der Waals surface area contributed by atoms with E-state index in [1.54, 1.807) is 0 Å². The summed E-state index contributed by atoms with van der Waals surface area (Å²) in [5.74, 6) is -0.651. The number of hydrogen-bond acceptors (Lipinski definition) is 3. The van der Waals surface area contributed by atoms with Gasteiger partial charge >= 0.3 is 12.4 Å². The fourth-order valence-electron chi connectivity index (χ4n) is 2.30. The molecule has 3 aromatic rings. The topological polar surface area (TPSA) is 42.0 Å². The predicted octanol–water partition coefficient (Wildman–Crippen LogP) is 6.10. The van der Waals surface area contributed by atoms with Crippen molar-refractivity contribution in [2.45, 2.75) is 12.4 Å². The van der Waals surface area contributed by atoms with E-state index in [0.29, 0.717) is 22.5 Å². The van der Waals surface area contributed by atoms with Gasteiger partial charge in [-0.1, -0.05) is 24.3 Å². The molecule has 1 aromatic heterocycles. The number of benzene rings is 2. The van der Waals surface area contributed by atoms with E-state index in [1.165, 1.54) is 36.4 Å². The van der Waals surface area contributed by atoms with E-state index in [4.69, 9.17) is 0 Å². The Labute approximate surface area is 158 Å². The molecule has 0 saturated carbocycles. The van der Waals surface area contributed by atoms with Crippen LogP contribution in [0.15, 0.2) is 53.9 Å². The summed E-state index contributed by atoms with van der Waals surface area (Å²) in [6.45, 7) is 0. The number of halogens is 6. The maximum absolute atomic E-state index is 12.6. The van der Waals surface area contributed by atoms with Crippen LogP contribution in [0.4, 0.5) is 31.5 Å². The second kappa shape index (κ2) is 7.27. The number of rotatable bonds is 3. The molecule has 0 aliphatic carbocycles. The monoisotopic (exact) mass is 416 g/mol. The summed E-state index contributed by atoms with van der Waals surface area (Å²) in [7, 11) is 0. The Morgan fingerprint density at radius 1 is 0.821 bits per heavy atom. The Morgan fingerprint density at radius 2 is 1.36 bits per heavy atom. The molecule has 0 aliphatic rings. The van der Waals surface area contributed by atoms with Gasteiger partial charge in [0.2, 0.25) is 0 Å². The van der Waals surface area contributed by atoms with Gasteiger partial charge in [0, 0.05) is 10.9 Å². The number of hydrogen-bond donors (Lipinski definition) is 1. The van der Waals surface area contributed by atoms with E-state index in [1.807, 2.05) is 0 Å². The second-order valence-corrected chi connectivity index (χ2v) is 6.50. The number of anilines is 1. The Bertz CT molecular complexity index is 975. The van der Waals surface area contributed by atoms with Gasteiger partial charge in [0.15, 0.2) is 10.8 Å². The first-order valence-corrected chi connectivity index (χ1v) is 8.54. The number of thiazole rings is 1. The zero-order valence-electron chi connectivity index (χ0n) is 13.7. The van der Waals surface area contributed by atoms with E-state index in [2.05, 4.69) is 10.3 Å². The van der Waals surface area contributed by atoms with E-state index in [0.717, 1.165) is 17.5 Å². The largest absolute Gasteiger partial charge is 0.434 e. The molecule has 0 spiro atoms. The number of nitrogens with one attached hydrogen (secondary N) is 1. The highest BCUT2D eigenvalue weighted by molar-refractivity contribution is 7.14. The predicted molar refractivity (Wildman–Crippen MR) is 91.9 cm³/mol. The number of aromatic nitrogens is 1. The molecule has 28 heavy (non-hydrogen) atoms. The lowest BCUT2D eigenvalue weighted by Gasteiger charge is -2.08. The second-order valence-electron chi connectivity index (χ2n) is 5.64. The normalized spacial score (nSPS) is 12.1. The molecule has 0 bridgehead atoms. The van der Waals surface area contributed by atoms with Gasteiger partial charge in [0.25, 0.3) is 5.91 Å². The van der Waals surface area contributed by atoms with Gasteiger partial charge in [-0.25, -0.2) is 4.98 Å². The van der Waals surface area contributed by atoms with Crippen LogP contribution in [0.5, 0.6) is 0 Å². The third kappa shape index (κ3) is 4.50. The molecule has 10 heteroatoms. The Hall–Kier alpha value is -2.88. The minimum Gasteiger partial charge on any atom is -0.298 e. The third-order valence-electron chi connectivity index (χ3n) is 3.71. The van der Waals surface area contributed by atoms with Gasteiger partial charge in [0.05, 0.1) is 5.56 Å². The van der Waals surface area contributed by atoms with Gasteiger partial charge in [-0.2, -0.15) is 26.3 Å². The summed E-state index contributed by atoms with van der Waals surface area (Å²) in [6.07, 6.45) is -9.02. The molecule has 3 rings (SSSR count). The maximum atomic E-state index is 12.6. The number of carbonyl (C=O) groups is 1. The molecule has 0 aliphatic heterocycles. The van der Waals surface area contributed by atoms with Crippen LogP contribution >= 0.6 is 11.3 Å². The Morgan fingerprint density at radius 3 is 1.82 bits per heavy atom. The highest BCUT2D eigenvalue weighted by Gasteiger charge is 2.34. The van der Waals surface area contributed by atoms with E-state index >= 15 is 0 Å². The molecule has 146 valence electrons. The summed E-state index contributed by atoms with van der Waals surface area (Å²) in [4.78, 5) is 15.4. The molecule has 0 atom stereocenters. The van der Waals surface area contributed by atoms with E-state index in [-0.39, 0.29) is 10.7 Å². The zero-order chi connectivity index (χ0) is 20.5. The highest BCUT2D eigenvalue weighted by atomic mass is 32.1.